The lowest BCUT2D eigenvalue weighted by atomic mass is 9.96. The minimum absolute atomic E-state index is 0.186. The van der Waals surface area contributed by atoms with Gasteiger partial charge in [0.25, 0.3) is 11.8 Å². The van der Waals surface area contributed by atoms with Crippen LogP contribution in [0.4, 0.5) is 4.39 Å². The highest BCUT2D eigenvalue weighted by Crippen LogP contribution is 2.24. The van der Waals surface area contributed by atoms with E-state index in [1.807, 2.05) is 49.4 Å². The second-order valence-electron chi connectivity index (χ2n) is 8.54. The van der Waals surface area contributed by atoms with Crippen molar-refractivity contribution < 1.29 is 23.5 Å². The van der Waals surface area contributed by atoms with E-state index in [4.69, 9.17) is 4.74 Å². The van der Waals surface area contributed by atoms with Gasteiger partial charge in [0.15, 0.2) is 6.61 Å². The highest BCUT2D eigenvalue weighted by atomic mass is 19.1. The summed E-state index contributed by atoms with van der Waals surface area (Å²) in [6.07, 6.45) is 0.916. The Hall–Kier alpha value is -3.74. The zero-order valence-corrected chi connectivity index (χ0v) is 19.0. The number of benzene rings is 3. The van der Waals surface area contributed by atoms with Gasteiger partial charge in [-0.05, 0) is 60.4 Å². The van der Waals surface area contributed by atoms with Crippen molar-refractivity contribution in [1.29, 1.82) is 0 Å². The number of likely N-dealkylation sites (tertiary alicyclic amines) is 1. The summed E-state index contributed by atoms with van der Waals surface area (Å²) in [6, 6.07) is 19.1. The van der Waals surface area contributed by atoms with Crippen molar-refractivity contribution in [2.24, 2.45) is 5.92 Å². The van der Waals surface area contributed by atoms with Crippen molar-refractivity contribution in [3.8, 4) is 0 Å². The van der Waals surface area contributed by atoms with Crippen molar-refractivity contribution in [1.82, 2.24) is 10.2 Å². The predicted molar refractivity (Wildman–Crippen MR) is 126 cm³/mol. The Morgan fingerprint density at radius 2 is 1.68 bits per heavy atom. The molecule has 1 heterocycles. The summed E-state index contributed by atoms with van der Waals surface area (Å²) in [5.74, 6) is -1.73. The predicted octanol–water partition coefficient (Wildman–Crippen LogP) is 4.25. The number of ether oxygens (including phenoxy) is 1. The SMILES string of the molecule is CC(NC(=O)COC(=O)C1CCN(C(=O)c2ccc(F)cc2)CC1)c1cccc2ccccc12. The molecule has 1 unspecified atom stereocenters. The Kier molecular flexibility index (Phi) is 7.21. The number of halogens is 1. The monoisotopic (exact) mass is 462 g/mol. The van der Waals surface area contributed by atoms with Crippen LogP contribution in [0.5, 0.6) is 0 Å². The van der Waals surface area contributed by atoms with E-state index in [1.165, 1.54) is 24.3 Å². The number of esters is 1. The molecular formula is C27H27FN2O4. The maximum Gasteiger partial charge on any atom is 0.309 e. The fourth-order valence-corrected chi connectivity index (χ4v) is 4.34. The second-order valence-corrected chi connectivity index (χ2v) is 8.54. The van der Waals surface area contributed by atoms with Gasteiger partial charge in [0.05, 0.1) is 12.0 Å². The number of carbonyl (C=O) groups is 3. The van der Waals surface area contributed by atoms with Crippen molar-refractivity contribution >= 4 is 28.6 Å². The first-order valence-corrected chi connectivity index (χ1v) is 11.4. The van der Waals surface area contributed by atoms with Gasteiger partial charge in [-0.25, -0.2) is 4.39 Å². The molecule has 0 bridgehead atoms. The van der Waals surface area contributed by atoms with E-state index >= 15 is 0 Å². The Morgan fingerprint density at radius 3 is 2.41 bits per heavy atom. The fraction of sp³-hybridized carbons (Fsp3) is 0.296. The van der Waals surface area contributed by atoms with E-state index in [2.05, 4.69) is 5.32 Å². The molecule has 1 N–H and O–H groups in total. The molecule has 1 fully saturated rings. The number of hydrogen-bond donors (Lipinski definition) is 1. The Balaban J connectivity index is 1.24. The minimum Gasteiger partial charge on any atom is -0.455 e. The van der Waals surface area contributed by atoms with Crippen molar-refractivity contribution in [3.05, 3.63) is 83.7 Å². The molecule has 1 aliphatic heterocycles. The van der Waals surface area contributed by atoms with Gasteiger partial charge in [-0.2, -0.15) is 0 Å². The van der Waals surface area contributed by atoms with Crippen molar-refractivity contribution in [3.63, 3.8) is 0 Å². The molecule has 1 atom stereocenters. The Bertz CT molecular complexity index is 1180. The van der Waals surface area contributed by atoms with Crippen LogP contribution in [0.3, 0.4) is 0 Å². The molecule has 4 rings (SSSR count). The van der Waals surface area contributed by atoms with Crippen LogP contribution in [0.25, 0.3) is 10.8 Å². The van der Waals surface area contributed by atoms with Crippen molar-refractivity contribution in [2.75, 3.05) is 19.7 Å². The molecule has 0 saturated carbocycles. The second kappa shape index (κ2) is 10.5. The molecule has 7 heteroatoms. The number of nitrogens with zero attached hydrogens (tertiary/aromatic N) is 1. The number of piperidine rings is 1. The van der Waals surface area contributed by atoms with Gasteiger partial charge in [-0.3, -0.25) is 14.4 Å². The first-order chi connectivity index (χ1) is 16.4. The maximum atomic E-state index is 13.1. The molecule has 2 amide bonds. The summed E-state index contributed by atoms with van der Waals surface area (Å²) in [7, 11) is 0. The summed E-state index contributed by atoms with van der Waals surface area (Å²) >= 11 is 0. The van der Waals surface area contributed by atoms with Crippen LogP contribution >= 0.6 is 0 Å². The number of rotatable bonds is 6. The molecule has 1 saturated heterocycles. The molecule has 34 heavy (non-hydrogen) atoms. The molecule has 3 aromatic rings. The normalized spacial score (nSPS) is 15.1. The van der Waals surface area contributed by atoms with Gasteiger partial charge < -0.3 is 15.0 Å². The van der Waals surface area contributed by atoms with Crippen molar-refractivity contribution in [2.45, 2.75) is 25.8 Å². The van der Waals surface area contributed by atoms with Crippen LogP contribution < -0.4 is 5.32 Å². The molecule has 0 spiro atoms. The molecule has 0 aromatic heterocycles. The van der Waals surface area contributed by atoms with Gasteiger partial charge in [-0.15, -0.1) is 0 Å². The van der Waals surface area contributed by atoms with Crippen LogP contribution in [0, 0.1) is 11.7 Å². The average molecular weight is 463 g/mol. The fourth-order valence-electron chi connectivity index (χ4n) is 4.34. The first kappa shape index (κ1) is 23.4. The zero-order valence-electron chi connectivity index (χ0n) is 19.0. The molecule has 1 aliphatic rings. The quantitative estimate of drug-likeness (QED) is 0.556. The molecule has 0 aliphatic carbocycles. The average Bonchev–Trinajstić information content (AvgIpc) is 2.87. The van der Waals surface area contributed by atoms with E-state index < -0.39 is 11.8 Å². The topological polar surface area (TPSA) is 75.7 Å². The van der Waals surface area contributed by atoms with Gasteiger partial charge in [-0.1, -0.05) is 42.5 Å². The summed E-state index contributed by atoms with van der Waals surface area (Å²) < 4.78 is 18.3. The number of fused-ring (bicyclic) bond motifs is 1. The lowest BCUT2D eigenvalue weighted by molar-refractivity contribution is -0.154. The van der Waals surface area contributed by atoms with Crippen LogP contribution in [0.15, 0.2) is 66.7 Å². The van der Waals surface area contributed by atoms with Gasteiger partial charge in [0, 0.05) is 18.7 Å². The lowest BCUT2D eigenvalue weighted by Crippen LogP contribution is -2.41. The smallest absolute Gasteiger partial charge is 0.309 e. The molecular weight excluding hydrogens is 435 g/mol. The Labute approximate surface area is 197 Å². The van der Waals surface area contributed by atoms with E-state index in [-0.39, 0.29) is 30.4 Å². The maximum absolute atomic E-state index is 13.1. The number of nitrogens with one attached hydrogen (secondary N) is 1. The van der Waals surface area contributed by atoms with Gasteiger partial charge in [0.2, 0.25) is 0 Å². The Morgan fingerprint density at radius 1 is 1.00 bits per heavy atom. The summed E-state index contributed by atoms with van der Waals surface area (Å²) in [6.45, 7) is 2.36. The largest absolute Gasteiger partial charge is 0.455 e. The standard InChI is InChI=1S/C27H27FN2O4/c1-18(23-8-4-6-19-5-2-3-7-24(19)23)29-25(31)17-34-27(33)21-13-15-30(16-14-21)26(32)20-9-11-22(28)12-10-20/h2-12,18,21H,13-17H2,1H3,(H,29,31). The summed E-state index contributed by atoms with van der Waals surface area (Å²) in [5, 5.41) is 5.06. The minimum atomic E-state index is -0.429. The van der Waals surface area contributed by atoms with E-state index in [9.17, 15) is 18.8 Å². The van der Waals surface area contributed by atoms with Crippen LogP contribution in [0.2, 0.25) is 0 Å². The highest BCUT2D eigenvalue weighted by molar-refractivity contribution is 5.94. The molecule has 176 valence electrons. The number of hydrogen-bond acceptors (Lipinski definition) is 4. The number of amides is 2. The van der Waals surface area contributed by atoms with Gasteiger partial charge >= 0.3 is 5.97 Å². The summed E-state index contributed by atoms with van der Waals surface area (Å²) in [4.78, 5) is 39.1. The molecule has 6 nitrogen and oxygen atoms in total. The van der Waals surface area contributed by atoms with Crippen LogP contribution in [0.1, 0.15) is 41.7 Å². The van der Waals surface area contributed by atoms with Crippen LogP contribution in [-0.2, 0) is 14.3 Å². The first-order valence-electron chi connectivity index (χ1n) is 11.4. The third kappa shape index (κ3) is 5.42. The zero-order chi connectivity index (χ0) is 24.1. The third-order valence-electron chi connectivity index (χ3n) is 6.22. The van der Waals surface area contributed by atoms with Gasteiger partial charge in [0.1, 0.15) is 5.82 Å². The highest BCUT2D eigenvalue weighted by Gasteiger charge is 2.29. The number of carbonyl (C=O) groups excluding carboxylic acids is 3. The van der Waals surface area contributed by atoms with E-state index in [0.29, 0.717) is 31.5 Å². The molecule has 3 aromatic carbocycles. The lowest BCUT2D eigenvalue weighted by Gasteiger charge is -2.31. The van der Waals surface area contributed by atoms with E-state index in [1.54, 1.807) is 4.90 Å². The van der Waals surface area contributed by atoms with Crippen LogP contribution in [-0.4, -0.2) is 42.4 Å². The molecule has 0 radical (unpaired) electrons. The van der Waals surface area contributed by atoms with E-state index in [0.717, 1.165) is 16.3 Å². The summed E-state index contributed by atoms with van der Waals surface area (Å²) in [5.41, 5.74) is 1.41. The third-order valence-corrected chi connectivity index (χ3v) is 6.22.